The van der Waals surface area contributed by atoms with Gasteiger partial charge in [0.05, 0.1) is 22.6 Å². The van der Waals surface area contributed by atoms with Crippen molar-refractivity contribution in [3.05, 3.63) is 63.0 Å². The summed E-state index contributed by atoms with van der Waals surface area (Å²) in [5.41, 5.74) is 1.32. The molecule has 2 aromatic rings. The third-order valence-corrected chi connectivity index (χ3v) is 5.49. The van der Waals surface area contributed by atoms with Crippen LogP contribution in [0.15, 0.2) is 41.3 Å². The van der Waals surface area contributed by atoms with Crippen LogP contribution in [0.5, 0.6) is 11.5 Å². The van der Waals surface area contributed by atoms with Crippen LogP contribution < -0.4 is 9.47 Å². The number of hydrogen-bond acceptors (Lipinski definition) is 7. The van der Waals surface area contributed by atoms with Crippen LogP contribution in [0.25, 0.3) is 6.08 Å². The molecule has 2 amide bonds. The molecule has 32 heavy (non-hydrogen) atoms. The molecule has 0 saturated carbocycles. The zero-order valence-corrected chi connectivity index (χ0v) is 18.1. The second-order valence-corrected chi connectivity index (χ2v) is 7.89. The van der Waals surface area contributed by atoms with Crippen molar-refractivity contribution in [1.29, 1.82) is 0 Å². The highest BCUT2D eigenvalue weighted by Gasteiger charge is 2.36. The number of imide groups is 1. The number of thioether (sulfide) groups is 1. The molecule has 9 nitrogen and oxygen atoms in total. The highest BCUT2D eigenvalue weighted by atomic mass is 35.5. The van der Waals surface area contributed by atoms with Crippen LogP contribution in [-0.4, -0.2) is 51.9 Å². The first-order valence-corrected chi connectivity index (χ1v) is 10.2. The van der Waals surface area contributed by atoms with Crippen molar-refractivity contribution in [2.45, 2.75) is 6.61 Å². The van der Waals surface area contributed by atoms with Gasteiger partial charge in [-0.15, -0.1) is 0 Å². The standard InChI is InChI=1S/C21H16ClNO8S/c1-30-15-7-12(8-16-19(26)23(9-17(24)25)21(29)32-16)6-14(22)18(15)31-10-11-2-4-13(5-3-11)20(27)28/h2-8H,9-10H2,1H3,(H,24,25)(H,27,28)/b16-8+. The number of halogens is 1. The summed E-state index contributed by atoms with van der Waals surface area (Å²) in [4.78, 5) is 46.7. The SMILES string of the molecule is COc1cc(/C=C2/SC(=O)N(CC(=O)O)C2=O)cc(Cl)c1OCc1ccc(C(=O)O)cc1. The average molecular weight is 478 g/mol. The first-order valence-electron chi connectivity index (χ1n) is 8.99. The molecule has 0 bridgehead atoms. The van der Waals surface area contributed by atoms with Gasteiger partial charge in [-0.1, -0.05) is 23.7 Å². The zero-order chi connectivity index (χ0) is 23.4. The molecule has 1 heterocycles. The molecule has 0 spiro atoms. The quantitative estimate of drug-likeness (QED) is 0.545. The van der Waals surface area contributed by atoms with E-state index in [2.05, 4.69) is 0 Å². The molecule has 1 aliphatic heterocycles. The predicted octanol–water partition coefficient (Wildman–Crippen LogP) is 3.75. The van der Waals surface area contributed by atoms with E-state index in [-0.39, 0.29) is 33.6 Å². The molecule has 1 fully saturated rings. The maximum atomic E-state index is 12.3. The normalized spacial score (nSPS) is 14.7. The van der Waals surface area contributed by atoms with Gasteiger partial charge in [0, 0.05) is 0 Å². The molecule has 2 N–H and O–H groups in total. The predicted molar refractivity (Wildman–Crippen MR) is 116 cm³/mol. The van der Waals surface area contributed by atoms with Crippen LogP contribution >= 0.6 is 23.4 Å². The molecular formula is C21H16ClNO8S. The Morgan fingerprint density at radius 2 is 1.84 bits per heavy atom. The number of carbonyl (C=O) groups excluding carboxylic acids is 2. The summed E-state index contributed by atoms with van der Waals surface area (Å²) in [7, 11) is 1.41. The van der Waals surface area contributed by atoms with Crippen LogP contribution in [0.4, 0.5) is 4.79 Å². The van der Waals surface area contributed by atoms with Crippen LogP contribution in [0.3, 0.4) is 0 Å². The lowest BCUT2D eigenvalue weighted by molar-refractivity contribution is -0.140. The van der Waals surface area contributed by atoms with Crippen molar-refractivity contribution in [1.82, 2.24) is 4.90 Å². The molecule has 0 radical (unpaired) electrons. The maximum Gasteiger partial charge on any atom is 0.335 e. The molecule has 3 rings (SSSR count). The first kappa shape index (κ1) is 23.2. The second kappa shape index (κ2) is 9.75. The Morgan fingerprint density at radius 1 is 1.16 bits per heavy atom. The number of aliphatic carboxylic acids is 1. The van der Waals surface area contributed by atoms with Gasteiger partial charge in [0.1, 0.15) is 13.2 Å². The van der Waals surface area contributed by atoms with Gasteiger partial charge in [-0.25, -0.2) is 4.79 Å². The summed E-state index contributed by atoms with van der Waals surface area (Å²) < 4.78 is 11.1. The number of aromatic carboxylic acids is 1. The zero-order valence-electron chi connectivity index (χ0n) is 16.5. The smallest absolute Gasteiger partial charge is 0.335 e. The molecule has 11 heteroatoms. The molecule has 0 aromatic heterocycles. The van der Waals surface area contributed by atoms with E-state index in [1.807, 2.05) is 0 Å². The fourth-order valence-corrected chi connectivity index (χ4v) is 3.90. The molecular weight excluding hydrogens is 462 g/mol. The van der Waals surface area contributed by atoms with Crippen LogP contribution in [-0.2, 0) is 16.2 Å². The van der Waals surface area contributed by atoms with E-state index < -0.39 is 29.6 Å². The largest absolute Gasteiger partial charge is 0.493 e. The van der Waals surface area contributed by atoms with Crippen molar-refractivity contribution in [2.24, 2.45) is 0 Å². The number of carboxylic acids is 2. The van der Waals surface area contributed by atoms with Gasteiger partial charge in [-0.05, 0) is 53.2 Å². The van der Waals surface area contributed by atoms with Crippen LogP contribution in [0.1, 0.15) is 21.5 Å². The molecule has 0 atom stereocenters. The third-order valence-electron chi connectivity index (χ3n) is 4.30. The van der Waals surface area contributed by atoms with Crippen LogP contribution in [0.2, 0.25) is 5.02 Å². The van der Waals surface area contributed by atoms with E-state index in [0.717, 1.165) is 0 Å². The number of carboxylic acid groups (broad SMARTS) is 2. The molecule has 0 aliphatic carbocycles. The van der Waals surface area contributed by atoms with Gasteiger partial charge in [0.25, 0.3) is 11.1 Å². The van der Waals surface area contributed by atoms with E-state index >= 15 is 0 Å². The van der Waals surface area contributed by atoms with Crippen molar-refractivity contribution in [3.63, 3.8) is 0 Å². The summed E-state index contributed by atoms with van der Waals surface area (Å²) in [5.74, 6) is -2.51. The lowest BCUT2D eigenvalue weighted by Crippen LogP contribution is -2.33. The lowest BCUT2D eigenvalue weighted by Gasteiger charge is -2.14. The summed E-state index contributed by atoms with van der Waals surface area (Å²) >= 11 is 6.97. The first-order chi connectivity index (χ1) is 15.2. The van der Waals surface area contributed by atoms with Gasteiger partial charge in [0.15, 0.2) is 11.5 Å². The fraction of sp³-hybridized carbons (Fsp3) is 0.143. The molecule has 0 unspecified atom stereocenters. The Kier molecular flexibility index (Phi) is 7.06. The minimum atomic E-state index is -1.29. The molecule has 166 valence electrons. The third kappa shape index (κ3) is 5.21. The number of amides is 2. The summed E-state index contributed by atoms with van der Waals surface area (Å²) in [6.45, 7) is -0.615. The Hall–Kier alpha value is -3.50. The van der Waals surface area contributed by atoms with Gasteiger partial charge >= 0.3 is 11.9 Å². The Morgan fingerprint density at radius 3 is 2.44 bits per heavy atom. The number of carbonyl (C=O) groups is 4. The minimum absolute atomic E-state index is 0.0570. The maximum absolute atomic E-state index is 12.3. The summed E-state index contributed by atoms with van der Waals surface area (Å²) in [6.07, 6.45) is 1.41. The van der Waals surface area contributed by atoms with Crippen LogP contribution in [0, 0.1) is 0 Å². The molecule has 2 aromatic carbocycles. The van der Waals surface area contributed by atoms with Crippen molar-refractivity contribution in [2.75, 3.05) is 13.7 Å². The summed E-state index contributed by atoms with van der Waals surface area (Å²) in [6, 6.07) is 9.22. The average Bonchev–Trinajstić information content (AvgIpc) is 2.99. The Balaban J connectivity index is 1.80. The van der Waals surface area contributed by atoms with Crippen molar-refractivity contribution < 1.29 is 38.9 Å². The minimum Gasteiger partial charge on any atom is -0.493 e. The van der Waals surface area contributed by atoms with Gasteiger partial charge < -0.3 is 19.7 Å². The fourth-order valence-electron chi connectivity index (χ4n) is 2.79. The Bertz CT molecular complexity index is 1130. The second-order valence-electron chi connectivity index (χ2n) is 6.49. The highest BCUT2D eigenvalue weighted by Crippen LogP contribution is 2.39. The van der Waals surface area contributed by atoms with E-state index in [0.29, 0.717) is 27.8 Å². The van der Waals surface area contributed by atoms with E-state index in [1.54, 1.807) is 18.2 Å². The van der Waals surface area contributed by atoms with Crippen molar-refractivity contribution >= 4 is 52.5 Å². The topological polar surface area (TPSA) is 130 Å². The number of ether oxygens (including phenoxy) is 2. The number of nitrogens with zero attached hydrogens (tertiary/aromatic N) is 1. The van der Waals surface area contributed by atoms with Crippen molar-refractivity contribution in [3.8, 4) is 11.5 Å². The van der Waals surface area contributed by atoms with Gasteiger partial charge in [-0.3, -0.25) is 19.3 Å². The number of benzene rings is 2. The monoisotopic (exact) mass is 477 g/mol. The van der Waals surface area contributed by atoms with Gasteiger partial charge in [-0.2, -0.15) is 0 Å². The lowest BCUT2D eigenvalue weighted by atomic mass is 10.1. The number of hydrogen-bond donors (Lipinski definition) is 2. The van der Waals surface area contributed by atoms with Gasteiger partial charge in [0.2, 0.25) is 0 Å². The van der Waals surface area contributed by atoms with E-state index in [9.17, 15) is 19.2 Å². The number of rotatable bonds is 8. The van der Waals surface area contributed by atoms with E-state index in [4.69, 9.17) is 31.3 Å². The Labute approximate surface area is 191 Å². The highest BCUT2D eigenvalue weighted by molar-refractivity contribution is 8.18. The molecule has 1 aliphatic rings. The summed E-state index contributed by atoms with van der Waals surface area (Å²) in [5, 5.41) is 17.3. The number of methoxy groups -OCH3 is 1. The molecule has 1 saturated heterocycles. The van der Waals surface area contributed by atoms with E-state index in [1.165, 1.54) is 31.4 Å².